The van der Waals surface area contributed by atoms with Crippen LogP contribution >= 0.6 is 24.2 Å². The summed E-state index contributed by atoms with van der Waals surface area (Å²) in [7, 11) is 0. The Morgan fingerprint density at radius 2 is 2.15 bits per heavy atom. The Balaban J connectivity index is 0.00000200. The molecule has 0 saturated carbocycles. The fourth-order valence-electron chi connectivity index (χ4n) is 2.39. The topological polar surface area (TPSA) is 45.5 Å². The third-order valence-corrected chi connectivity index (χ3v) is 4.20. The van der Waals surface area contributed by atoms with Crippen LogP contribution in [0.3, 0.4) is 0 Å². The summed E-state index contributed by atoms with van der Waals surface area (Å²) in [4.78, 5) is 14.2. The predicted octanol–water partition coefficient (Wildman–Crippen LogP) is 2.89. The summed E-state index contributed by atoms with van der Waals surface area (Å²) in [5.74, 6) is 1.19. The second kappa shape index (κ2) is 8.60. The van der Waals surface area contributed by atoms with Crippen LogP contribution in [-0.4, -0.2) is 43.2 Å². The second-order valence-corrected chi connectivity index (χ2v) is 5.68. The van der Waals surface area contributed by atoms with E-state index in [9.17, 15) is 4.79 Å². The third-order valence-electron chi connectivity index (χ3n) is 3.58. The normalized spacial score (nSPS) is 16.0. The van der Waals surface area contributed by atoms with E-state index in [-0.39, 0.29) is 18.3 Å². The van der Waals surface area contributed by atoms with Crippen molar-refractivity contribution in [1.82, 2.24) is 10.2 Å². The van der Waals surface area contributed by atoms with Crippen LogP contribution in [0.2, 0.25) is 0 Å². The number of amides is 1. The fraction of sp³-hybridized carbons (Fsp3) is 0.643. The zero-order chi connectivity index (χ0) is 13.7. The highest BCUT2D eigenvalue weighted by molar-refractivity contribution is 7.98. The molecule has 4 nitrogen and oxygen atoms in total. The zero-order valence-electron chi connectivity index (χ0n) is 12.1. The molecule has 1 fully saturated rings. The van der Waals surface area contributed by atoms with Crippen LogP contribution in [0, 0.1) is 5.92 Å². The fourth-order valence-corrected chi connectivity index (χ4v) is 2.77. The standard InChI is InChI=1S/C14H22N2O2S.ClH/c1-3-15-10-11-6-8-16(9-7-11)14(17)12-4-5-13(18-12)19-2;/h4-5,11,15H,3,6-10H2,1-2H3;1H. The third kappa shape index (κ3) is 4.43. The summed E-state index contributed by atoms with van der Waals surface area (Å²) in [6.07, 6.45) is 4.10. The highest BCUT2D eigenvalue weighted by Crippen LogP contribution is 2.22. The lowest BCUT2D eigenvalue weighted by Gasteiger charge is -2.31. The quantitative estimate of drug-likeness (QED) is 0.848. The van der Waals surface area contributed by atoms with Gasteiger partial charge in [-0.2, -0.15) is 0 Å². The molecule has 0 aliphatic carbocycles. The molecule has 1 N–H and O–H groups in total. The van der Waals surface area contributed by atoms with Gasteiger partial charge in [0.1, 0.15) is 0 Å². The first kappa shape index (κ1) is 17.4. The van der Waals surface area contributed by atoms with Gasteiger partial charge in [-0.15, -0.1) is 12.4 Å². The van der Waals surface area contributed by atoms with E-state index in [4.69, 9.17) is 4.42 Å². The molecule has 20 heavy (non-hydrogen) atoms. The maximum atomic E-state index is 12.3. The van der Waals surface area contributed by atoms with E-state index < -0.39 is 0 Å². The Hall–Kier alpha value is -0.650. The minimum absolute atomic E-state index is 0. The smallest absolute Gasteiger partial charge is 0.289 e. The summed E-state index contributed by atoms with van der Waals surface area (Å²) in [6.45, 7) is 5.88. The molecule has 1 aromatic heterocycles. The number of piperidine rings is 1. The Kier molecular flexibility index (Phi) is 7.48. The number of likely N-dealkylation sites (tertiary alicyclic amines) is 1. The number of thioether (sulfide) groups is 1. The van der Waals surface area contributed by atoms with Crippen molar-refractivity contribution < 1.29 is 9.21 Å². The molecular weight excluding hydrogens is 296 g/mol. The van der Waals surface area contributed by atoms with Crippen molar-refractivity contribution in [2.75, 3.05) is 32.4 Å². The van der Waals surface area contributed by atoms with Crippen LogP contribution in [0.25, 0.3) is 0 Å². The first-order valence-electron chi connectivity index (χ1n) is 6.88. The Morgan fingerprint density at radius 1 is 1.45 bits per heavy atom. The van der Waals surface area contributed by atoms with E-state index in [2.05, 4.69) is 12.2 Å². The first-order valence-corrected chi connectivity index (χ1v) is 8.11. The van der Waals surface area contributed by atoms with E-state index in [1.54, 1.807) is 6.07 Å². The van der Waals surface area contributed by atoms with Gasteiger partial charge in [-0.05, 0) is 50.2 Å². The molecule has 1 aliphatic heterocycles. The highest BCUT2D eigenvalue weighted by Gasteiger charge is 2.25. The van der Waals surface area contributed by atoms with Crippen molar-refractivity contribution in [2.45, 2.75) is 24.9 Å². The molecule has 0 bridgehead atoms. The lowest BCUT2D eigenvalue weighted by atomic mass is 9.96. The van der Waals surface area contributed by atoms with E-state index >= 15 is 0 Å². The second-order valence-electron chi connectivity index (χ2n) is 4.87. The number of carbonyl (C=O) groups excluding carboxylic acids is 1. The maximum absolute atomic E-state index is 12.3. The molecule has 0 radical (unpaired) electrons. The average Bonchev–Trinajstić information content (AvgIpc) is 2.94. The van der Waals surface area contributed by atoms with Gasteiger partial charge in [0.15, 0.2) is 10.9 Å². The van der Waals surface area contributed by atoms with Gasteiger partial charge in [0, 0.05) is 13.1 Å². The molecule has 0 spiro atoms. The first-order chi connectivity index (χ1) is 9.24. The number of furan rings is 1. The van der Waals surface area contributed by atoms with Crippen molar-refractivity contribution in [2.24, 2.45) is 5.92 Å². The van der Waals surface area contributed by atoms with Gasteiger partial charge in [0.25, 0.3) is 5.91 Å². The molecular formula is C14H23ClN2O2S. The summed E-state index contributed by atoms with van der Waals surface area (Å²) in [5.41, 5.74) is 0. The van der Waals surface area contributed by atoms with Crippen molar-refractivity contribution in [1.29, 1.82) is 0 Å². The Morgan fingerprint density at radius 3 is 2.70 bits per heavy atom. The van der Waals surface area contributed by atoms with Gasteiger partial charge < -0.3 is 14.6 Å². The number of hydrogen-bond donors (Lipinski definition) is 1. The largest absolute Gasteiger partial charge is 0.445 e. The van der Waals surface area contributed by atoms with Gasteiger partial charge in [-0.3, -0.25) is 4.79 Å². The minimum atomic E-state index is 0. The van der Waals surface area contributed by atoms with Crippen molar-refractivity contribution in [3.63, 3.8) is 0 Å². The number of halogens is 1. The maximum Gasteiger partial charge on any atom is 0.289 e. The zero-order valence-corrected chi connectivity index (χ0v) is 13.7. The molecule has 2 rings (SSSR count). The molecule has 1 aliphatic rings. The molecule has 0 aromatic carbocycles. The van der Waals surface area contributed by atoms with E-state index in [1.807, 2.05) is 17.2 Å². The number of rotatable bonds is 5. The van der Waals surface area contributed by atoms with Gasteiger partial charge in [0.2, 0.25) is 0 Å². The molecule has 6 heteroatoms. The predicted molar refractivity (Wildman–Crippen MR) is 84.9 cm³/mol. The van der Waals surface area contributed by atoms with E-state index in [0.717, 1.165) is 44.1 Å². The lowest BCUT2D eigenvalue weighted by Crippen LogP contribution is -2.40. The van der Waals surface area contributed by atoms with Crippen LogP contribution in [0.1, 0.15) is 30.3 Å². The van der Waals surface area contributed by atoms with Crippen LogP contribution < -0.4 is 5.32 Å². The molecule has 2 heterocycles. The van der Waals surface area contributed by atoms with Crippen LogP contribution in [0.15, 0.2) is 21.6 Å². The SMILES string of the molecule is CCNCC1CCN(C(=O)c2ccc(SC)o2)CC1.Cl. The van der Waals surface area contributed by atoms with Crippen molar-refractivity contribution in [3.05, 3.63) is 17.9 Å². The molecule has 1 saturated heterocycles. The van der Waals surface area contributed by atoms with Crippen molar-refractivity contribution in [3.8, 4) is 0 Å². The summed E-state index contributed by atoms with van der Waals surface area (Å²) in [6, 6.07) is 3.63. The van der Waals surface area contributed by atoms with Crippen molar-refractivity contribution >= 4 is 30.1 Å². The number of nitrogens with one attached hydrogen (secondary N) is 1. The molecule has 0 atom stereocenters. The summed E-state index contributed by atoms with van der Waals surface area (Å²) >= 11 is 1.52. The molecule has 1 amide bonds. The highest BCUT2D eigenvalue weighted by atomic mass is 35.5. The summed E-state index contributed by atoms with van der Waals surface area (Å²) in [5, 5.41) is 4.18. The lowest BCUT2D eigenvalue weighted by molar-refractivity contribution is 0.0653. The van der Waals surface area contributed by atoms with Crippen LogP contribution in [0.5, 0.6) is 0 Å². The summed E-state index contributed by atoms with van der Waals surface area (Å²) < 4.78 is 5.50. The van der Waals surface area contributed by atoms with Gasteiger partial charge in [0.05, 0.1) is 0 Å². The number of hydrogen-bond acceptors (Lipinski definition) is 4. The Bertz CT molecular complexity index is 417. The van der Waals surface area contributed by atoms with E-state index in [0.29, 0.717) is 11.7 Å². The molecule has 0 unspecified atom stereocenters. The van der Waals surface area contributed by atoms with Gasteiger partial charge in [-0.1, -0.05) is 18.7 Å². The van der Waals surface area contributed by atoms with Gasteiger partial charge >= 0.3 is 0 Å². The molecule has 1 aromatic rings. The molecule has 114 valence electrons. The minimum Gasteiger partial charge on any atom is -0.445 e. The van der Waals surface area contributed by atoms with Crippen LogP contribution in [-0.2, 0) is 0 Å². The van der Waals surface area contributed by atoms with Crippen LogP contribution in [0.4, 0.5) is 0 Å². The monoisotopic (exact) mass is 318 g/mol. The Labute approximate surface area is 131 Å². The average molecular weight is 319 g/mol. The number of carbonyl (C=O) groups is 1. The van der Waals surface area contributed by atoms with Gasteiger partial charge in [-0.25, -0.2) is 0 Å². The number of nitrogens with zero attached hydrogens (tertiary/aromatic N) is 1. The van der Waals surface area contributed by atoms with E-state index in [1.165, 1.54) is 11.8 Å².